The molecule has 1 aliphatic rings. The zero-order valence-corrected chi connectivity index (χ0v) is 11.4. The molecule has 0 spiro atoms. The van der Waals surface area contributed by atoms with E-state index in [2.05, 4.69) is 20.8 Å². The van der Waals surface area contributed by atoms with Gasteiger partial charge in [-0.25, -0.2) is 0 Å². The summed E-state index contributed by atoms with van der Waals surface area (Å²) in [6, 6.07) is 5.95. The molecule has 1 fully saturated rings. The van der Waals surface area contributed by atoms with Gasteiger partial charge in [-0.05, 0) is 30.2 Å². The van der Waals surface area contributed by atoms with E-state index in [1.165, 1.54) is 5.56 Å². The highest BCUT2D eigenvalue weighted by Crippen LogP contribution is 2.21. The summed E-state index contributed by atoms with van der Waals surface area (Å²) in [5.74, 6) is 0. The maximum atomic E-state index is 5.98. The van der Waals surface area contributed by atoms with Crippen LogP contribution in [0.25, 0.3) is 0 Å². The average Bonchev–Trinajstić information content (AvgIpc) is 2.32. The molecule has 1 aliphatic heterocycles. The van der Waals surface area contributed by atoms with Crippen LogP contribution in [0.2, 0.25) is 5.02 Å². The molecule has 2 nitrogen and oxygen atoms in total. The van der Waals surface area contributed by atoms with E-state index in [9.17, 15) is 0 Å². The predicted molar refractivity (Wildman–Crippen MR) is 70.1 cm³/mol. The number of ether oxygens (including phenoxy) is 1. The van der Waals surface area contributed by atoms with Crippen molar-refractivity contribution in [1.29, 1.82) is 0 Å². The summed E-state index contributed by atoms with van der Waals surface area (Å²) in [6.07, 6.45) is 1.03. The van der Waals surface area contributed by atoms with Gasteiger partial charge in [-0.2, -0.15) is 0 Å². The fraction of sp³-hybridized carbons (Fsp3) is 0.500. The lowest BCUT2D eigenvalue weighted by Gasteiger charge is -2.26. The Morgan fingerprint density at radius 1 is 1.31 bits per heavy atom. The summed E-state index contributed by atoms with van der Waals surface area (Å²) in [5, 5.41) is 0.806. The first-order chi connectivity index (χ1) is 7.75. The summed E-state index contributed by atoms with van der Waals surface area (Å²) in [6.45, 7) is 4.87. The Labute approximate surface area is 110 Å². The van der Waals surface area contributed by atoms with E-state index in [0.717, 1.165) is 48.8 Å². The fourth-order valence-corrected chi connectivity index (χ4v) is 2.48. The Morgan fingerprint density at radius 2 is 2.06 bits per heavy atom. The van der Waals surface area contributed by atoms with Crippen molar-refractivity contribution < 1.29 is 4.74 Å². The molecule has 1 aromatic carbocycles. The topological polar surface area (TPSA) is 12.5 Å². The van der Waals surface area contributed by atoms with Crippen molar-refractivity contribution in [2.45, 2.75) is 6.42 Å². The molecule has 1 aromatic rings. The van der Waals surface area contributed by atoms with Crippen LogP contribution < -0.4 is 0 Å². The minimum Gasteiger partial charge on any atom is -0.379 e. The van der Waals surface area contributed by atoms with E-state index in [0.29, 0.717) is 0 Å². The van der Waals surface area contributed by atoms with Crippen molar-refractivity contribution in [1.82, 2.24) is 4.90 Å². The SMILES string of the molecule is Clc1ccc(Br)c(CCN2CCOCC2)c1. The number of rotatable bonds is 3. The highest BCUT2D eigenvalue weighted by Gasteiger charge is 2.10. The summed E-state index contributed by atoms with van der Waals surface area (Å²) in [7, 11) is 0. The van der Waals surface area contributed by atoms with Crippen LogP contribution in [-0.2, 0) is 11.2 Å². The second kappa shape index (κ2) is 6.01. The standard InChI is InChI=1S/C12H15BrClNO/c13-12-2-1-11(14)9-10(12)3-4-15-5-7-16-8-6-15/h1-2,9H,3-8H2. The molecular weight excluding hydrogens is 289 g/mol. The van der Waals surface area contributed by atoms with Crippen molar-refractivity contribution in [3.05, 3.63) is 33.3 Å². The maximum absolute atomic E-state index is 5.98. The van der Waals surface area contributed by atoms with Crippen LogP contribution in [-0.4, -0.2) is 37.7 Å². The van der Waals surface area contributed by atoms with Crippen molar-refractivity contribution in [2.24, 2.45) is 0 Å². The van der Waals surface area contributed by atoms with E-state index in [-0.39, 0.29) is 0 Å². The average molecular weight is 305 g/mol. The molecule has 0 bridgehead atoms. The van der Waals surface area contributed by atoms with Crippen LogP contribution in [0.4, 0.5) is 0 Å². The molecular formula is C12H15BrClNO. The molecule has 1 saturated heterocycles. The molecule has 4 heteroatoms. The van der Waals surface area contributed by atoms with Gasteiger partial charge in [0.25, 0.3) is 0 Å². The normalized spacial score (nSPS) is 17.6. The molecule has 0 unspecified atom stereocenters. The van der Waals surface area contributed by atoms with Crippen LogP contribution in [0.15, 0.2) is 22.7 Å². The molecule has 0 N–H and O–H groups in total. The zero-order valence-electron chi connectivity index (χ0n) is 9.09. The number of nitrogens with zero attached hydrogens (tertiary/aromatic N) is 1. The molecule has 0 radical (unpaired) electrons. The van der Waals surface area contributed by atoms with Gasteiger partial charge >= 0.3 is 0 Å². The first-order valence-corrected chi connectivity index (χ1v) is 6.67. The molecule has 0 amide bonds. The van der Waals surface area contributed by atoms with Crippen molar-refractivity contribution in [2.75, 3.05) is 32.8 Å². The Morgan fingerprint density at radius 3 is 2.81 bits per heavy atom. The van der Waals surface area contributed by atoms with Crippen LogP contribution in [0.1, 0.15) is 5.56 Å². The first kappa shape index (κ1) is 12.4. The van der Waals surface area contributed by atoms with E-state index in [1.807, 2.05) is 18.2 Å². The maximum Gasteiger partial charge on any atom is 0.0594 e. The van der Waals surface area contributed by atoms with Gasteiger partial charge in [-0.1, -0.05) is 27.5 Å². The fourth-order valence-electron chi connectivity index (χ4n) is 1.84. The molecule has 0 saturated carbocycles. The summed E-state index contributed by atoms with van der Waals surface area (Å²) in [4.78, 5) is 2.43. The quantitative estimate of drug-likeness (QED) is 0.851. The van der Waals surface area contributed by atoms with Crippen molar-refractivity contribution in [3.8, 4) is 0 Å². The van der Waals surface area contributed by atoms with Gasteiger partial charge in [0.2, 0.25) is 0 Å². The van der Waals surface area contributed by atoms with Crippen molar-refractivity contribution >= 4 is 27.5 Å². The molecule has 88 valence electrons. The largest absolute Gasteiger partial charge is 0.379 e. The van der Waals surface area contributed by atoms with E-state index in [1.54, 1.807) is 0 Å². The molecule has 1 heterocycles. The lowest BCUT2D eigenvalue weighted by Crippen LogP contribution is -2.37. The summed E-state index contributed by atoms with van der Waals surface area (Å²) in [5.41, 5.74) is 1.28. The number of morpholine rings is 1. The highest BCUT2D eigenvalue weighted by atomic mass is 79.9. The molecule has 2 rings (SSSR count). The number of benzene rings is 1. The molecule has 16 heavy (non-hydrogen) atoms. The van der Waals surface area contributed by atoms with Gasteiger partial charge in [0.15, 0.2) is 0 Å². The van der Waals surface area contributed by atoms with E-state index in [4.69, 9.17) is 16.3 Å². The molecule has 0 aliphatic carbocycles. The molecule has 0 aromatic heterocycles. The Balaban J connectivity index is 1.90. The number of hydrogen-bond donors (Lipinski definition) is 0. The van der Waals surface area contributed by atoms with Gasteiger partial charge in [0, 0.05) is 29.1 Å². The third-order valence-electron chi connectivity index (χ3n) is 2.81. The van der Waals surface area contributed by atoms with Gasteiger partial charge in [-0.15, -0.1) is 0 Å². The van der Waals surface area contributed by atoms with Gasteiger partial charge in [-0.3, -0.25) is 4.90 Å². The first-order valence-electron chi connectivity index (χ1n) is 5.50. The molecule has 0 atom stereocenters. The highest BCUT2D eigenvalue weighted by molar-refractivity contribution is 9.10. The van der Waals surface area contributed by atoms with Gasteiger partial charge in [0.05, 0.1) is 13.2 Å². The van der Waals surface area contributed by atoms with E-state index >= 15 is 0 Å². The predicted octanol–water partition coefficient (Wildman–Crippen LogP) is 2.98. The number of halogens is 2. The Kier molecular flexibility index (Phi) is 4.65. The van der Waals surface area contributed by atoms with Crippen LogP contribution in [0.3, 0.4) is 0 Å². The third kappa shape index (κ3) is 3.45. The van der Waals surface area contributed by atoms with Gasteiger partial charge < -0.3 is 4.74 Å². The van der Waals surface area contributed by atoms with Crippen LogP contribution in [0.5, 0.6) is 0 Å². The summed E-state index contributed by atoms with van der Waals surface area (Å²) >= 11 is 9.54. The number of hydrogen-bond acceptors (Lipinski definition) is 2. The smallest absolute Gasteiger partial charge is 0.0594 e. The Hall–Kier alpha value is -0.0900. The lowest BCUT2D eigenvalue weighted by molar-refractivity contribution is 0.0384. The second-order valence-corrected chi connectivity index (χ2v) is 5.23. The third-order valence-corrected chi connectivity index (χ3v) is 3.82. The minimum atomic E-state index is 0.806. The minimum absolute atomic E-state index is 0.806. The van der Waals surface area contributed by atoms with Crippen LogP contribution >= 0.6 is 27.5 Å². The Bertz CT molecular complexity index is 353. The zero-order chi connectivity index (χ0) is 11.4. The summed E-state index contributed by atoms with van der Waals surface area (Å²) < 4.78 is 6.47. The lowest BCUT2D eigenvalue weighted by atomic mass is 10.1. The second-order valence-electron chi connectivity index (χ2n) is 3.94. The monoisotopic (exact) mass is 303 g/mol. The van der Waals surface area contributed by atoms with Gasteiger partial charge in [0.1, 0.15) is 0 Å². The van der Waals surface area contributed by atoms with E-state index < -0.39 is 0 Å². The van der Waals surface area contributed by atoms with Crippen molar-refractivity contribution in [3.63, 3.8) is 0 Å². The van der Waals surface area contributed by atoms with Crippen LogP contribution in [0, 0.1) is 0 Å².